The first-order valence-corrected chi connectivity index (χ1v) is 8.03. The third kappa shape index (κ3) is 3.32. The third-order valence-corrected chi connectivity index (χ3v) is 5.79. The van der Waals surface area contributed by atoms with E-state index in [9.17, 15) is 4.79 Å². The van der Waals surface area contributed by atoms with Gasteiger partial charge in [-0.2, -0.15) is 0 Å². The first-order valence-electron chi connectivity index (χ1n) is 6.42. The largest absolute Gasteiger partial charge is 0.351 e. The van der Waals surface area contributed by atoms with E-state index in [2.05, 4.69) is 32.6 Å². The Labute approximate surface area is 132 Å². The number of carbonyl (C=O) groups is 1. The standard InChI is InChI=1S/C13H17BrN2OS.ClH/c14-11-2-1-9(18-11)8-16-12(17)10-7-13(10)3-5-15-6-4-13;/h1-2,10,15H,3-8H2,(H,16,17);1H. The molecule has 1 aliphatic carbocycles. The number of nitrogens with one attached hydrogen (secondary N) is 2. The van der Waals surface area contributed by atoms with E-state index in [1.165, 1.54) is 4.88 Å². The second-order valence-electron chi connectivity index (χ2n) is 5.29. The highest BCUT2D eigenvalue weighted by Crippen LogP contribution is 2.58. The van der Waals surface area contributed by atoms with Gasteiger partial charge in [-0.25, -0.2) is 0 Å². The lowest BCUT2D eigenvalue weighted by atomic mass is 9.92. The van der Waals surface area contributed by atoms with Gasteiger partial charge in [-0.15, -0.1) is 23.7 Å². The highest BCUT2D eigenvalue weighted by atomic mass is 79.9. The summed E-state index contributed by atoms with van der Waals surface area (Å²) < 4.78 is 1.12. The fourth-order valence-electron chi connectivity index (χ4n) is 2.94. The van der Waals surface area contributed by atoms with E-state index < -0.39 is 0 Å². The van der Waals surface area contributed by atoms with E-state index in [1.807, 2.05) is 6.07 Å². The molecule has 1 saturated heterocycles. The molecule has 2 N–H and O–H groups in total. The number of piperidine rings is 1. The number of halogens is 2. The summed E-state index contributed by atoms with van der Waals surface area (Å²) in [4.78, 5) is 13.3. The first-order chi connectivity index (χ1) is 8.70. The summed E-state index contributed by atoms with van der Waals surface area (Å²) in [5.41, 5.74) is 0.339. The summed E-state index contributed by atoms with van der Waals surface area (Å²) in [5, 5.41) is 6.44. The fraction of sp³-hybridized carbons (Fsp3) is 0.615. The van der Waals surface area contributed by atoms with Crippen LogP contribution < -0.4 is 10.6 Å². The van der Waals surface area contributed by atoms with Gasteiger partial charge in [0, 0.05) is 10.8 Å². The van der Waals surface area contributed by atoms with Crippen LogP contribution in [0.2, 0.25) is 0 Å². The first kappa shape index (κ1) is 15.3. The monoisotopic (exact) mass is 364 g/mol. The summed E-state index contributed by atoms with van der Waals surface area (Å²) in [6.07, 6.45) is 3.42. The predicted molar refractivity (Wildman–Crippen MR) is 83.8 cm³/mol. The topological polar surface area (TPSA) is 41.1 Å². The molecule has 2 aliphatic rings. The molecule has 19 heavy (non-hydrogen) atoms. The Kier molecular flexibility index (Phi) is 4.93. The Morgan fingerprint density at radius 3 is 2.84 bits per heavy atom. The minimum Gasteiger partial charge on any atom is -0.351 e. The second kappa shape index (κ2) is 6.12. The van der Waals surface area contributed by atoms with Crippen LogP contribution in [0.25, 0.3) is 0 Å². The van der Waals surface area contributed by atoms with Gasteiger partial charge >= 0.3 is 0 Å². The molecule has 2 heterocycles. The van der Waals surface area contributed by atoms with Gasteiger partial charge in [0.05, 0.1) is 10.3 Å². The second-order valence-corrected chi connectivity index (χ2v) is 7.84. The number of rotatable bonds is 3. The molecule has 1 amide bonds. The molecule has 1 aromatic rings. The molecule has 106 valence electrons. The Bertz CT molecular complexity index is 459. The van der Waals surface area contributed by atoms with Crippen molar-refractivity contribution in [2.75, 3.05) is 13.1 Å². The van der Waals surface area contributed by atoms with E-state index in [4.69, 9.17) is 0 Å². The Hall–Kier alpha value is -0.100. The van der Waals surface area contributed by atoms with Crippen LogP contribution in [0.4, 0.5) is 0 Å². The number of hydrogen-bond acceptors (Lipinski definition) is 3. The quantitative estimate of drug-likeness (QED) is 0.864. The van der Waals surface area contributed by atoms with Crippen molar-refractivity contribution in [3.8, 4) is 0 Å². The molecule has 1 aliphatic heterocycles. The maximum absolute atomic E-state index is 12.1. The number of hydrogen-bond donors (Lipinski definition) is 2. The fourth-order valence-corrected chi connectivity index (χ4v) is 4.36. The minimum atomic E-state index is 0. The minimum absolute atomic E-state index is 0. The zero-order chi connectivity index (χ0) is 12.6. The lowest BCUT2D eigenvalue weighted by Crippen LogP contribution is -2.33. The van der Waals surface area contributed by atoms with Crippen LogP contribution in [0.1, 0.15) is 24.1 Å². The summed E-state index contributed by atoms with van der Waals surface area (Å²) >= 11 is 5.12. The maximum Gasteiger partial charge on any atom is 0.223 e. The van der Waals surface area contributed by atoms with Crippen LogP contribution in [0, 0.1) is 11.3 Å². The van der Waals surface area contributed by atoms with E-state index in [0.29, 0.717) is 12.0 Å². The van der Waals surface area contributed by atoms with E-state index in [1.54, 1.807) is 11.3 Å². The third-order valence-electron chi connectivity index (χ3n) is 4.17. The zero-order valence-electron chi connectivity index (χ0n) is 10.6. The summed E-state index contributed by atoms with van der Waals surface area (Å²) in [6.45, 7) is 2.81. The maximum atomic E-state index is 12.1. The Balaban J connectivity index is 0.00000133. The zero-order valence-corrected chi connectivity index (χ0v) is 13.8. The average Bonchev–Trinajstić information content (AvgIpc) is 2.89. The highest BCUT2D eigenvalue weighted by Gasteiger charge is 2.57. The molecular weight excluding hydrogens is 348 g/mol. The molecule has 0 bridgehead atoms. The molecule has 1 atom stereocenters. The van der Waals surface area contributed by atoms with Crippen molar-refractivity contribution in [2.24, 2.45) is 11.3 Å². The van der Waals surface area contributed by atoms with Crippen LogP contribution >= 0.6 is 39.7 Å². The number of amides is 1. The van der Waals surface area contributed by atoms with Crippen molar-refractivity contribution in [1.29, 1.82) is 0 Å². The van der Waals surface area contributed by atoms with Crippen molar-refractivity contribution >= 4 is 45.6 Å². The van der Waals surface area contributed by atoms with Gasteiger partial charge in [-0.05, 0) is 65.8 Å². The van der Waals surface area contributed by atoms with Gasteiger partial charge < -0.3 is 10.6 Å². The molecule has 1 spiro atoms. The van der Waals surface area contributed by atoms with Gasteiger partial charge in [-0.3, -0.25) is 4.79 Å². The van der Waals surface area contributed by atoms with Crippen molar-refractivity contribution in [1.82, 2.24) is 10.6 Å². The molecule has 3 rings (SSSR count). The van der Waals surface area contributed by atoms with Crippen LogP contribution in [0.3, 0.4) is 0 Å². The van der Waals surface area contributed by atoms with E-state index >= 15 is 0 Å². The van der Waals surface area contributed by atoms with Crippen molar-refractivity contribution < 1.29 is 4.79 Å². The molecule has 6 heteroatoms. The molecule has 0 aromatic carbocycles. The van der Waals surface area contributed by atoms with Gasteiger partial charge in [0.1, 0.15) is 0 Å². The smallest absolute Gasteiger partial charge is 0.223 e. The summed E-state index contributed by atoms with van der Waals surface area (Å²) in [6, 6.07) is 4.08. The lowest BCUT2D eigenvalue weighted by molar-refractivity contribution is -0.123. The number of carbonyl (C=O) groups excluding carboxylic acids is 1. The summed E-state index contributed by atoms with van der Waals surface area (Å²) in [7, 11) is 0. The average molecular weight is 366 g/mol. The number of thiophene rings is 1. The van der Waals surface area contributed by atoms with Crippen LogP contribution in [0.5, 0.6) is 0 Å². The van der Waals surface area contributed by atoms with Crippen molar-refractivity contribution in [3.63, 3.8) is 0 Å². The molecule has 0 radical (unpaired) electrons. The van der Waals surface area contributed by atoms with E-state index in [0.717, 1.165) is 36.1 Å². The van der Waals surface area contributed by atoms with Crippen molar-refractivity contribution in [3.05, 3.63) is 20.8 Å². The molecule has 1 unspecified atom stereocenters. The summed E-state index contributed by atoms with van der Waals surface area (Å²) in [5.74, 6) is 0.518. The van der Waals surface area contributed by atoms with Gasteiger partial charge in [-0.1, -0.05) is 0 Å². The molecular formula is C13H18BrClN2OS. The Morgan fingerprint density at radius 1 is 1.47 bits per heavy atom. The molecule has 1 saturated carbocycles. The van der Waals surface area contributed by atoms with Crippen molar-refractivity contribution in [2.45, 2.75) is 25.8 Å². The molecule has 3 nitrogen and oxygen atoms in total. The lowest BCUT2D eigenvalue weighted by Gasteiger charge is -2.23. The van der Waals surface area contributed by atoms with Gasteiger partial charge in [0.25, 0.3) is 0 Å². The van der Waals surface area contributed by atoms with Crippen LogP contribution in [0.15, 0.2) is 15.9 Å². The Morgan fingerprint density at radius 2 is 2.21 bits per heavy atom. The predicted octanol–water partition coefficient (Wildman–Crippen LogP) is 2.94. The molecule has 2 fully saturated rings. The van der Waals surface area contributed by atoms with E-state index in [-0.39, 0.29) is 24.2 Å². The molecule has 1 aromatic heterocycles. The van der Waals surface area contributed by atoms with Gasteiger partial charge in [0.2, 0.25) is 5.91 Å². The van der Waals surface area contributed by atoms with Crippen LogP contribution in [-0.2, 0) is 11.3 Å². The van der Waals surface area contributed by atoms with Crippen LogP contribution in [-0.4, -0.2) is 19.0 Å². The SMILES string of the molecule is Cl.O=C(NCc1ccc(Br)s1)C1CC12CCNCC2. The van der Waals surface area contributed by atoms with Gasteiger partial charge in [0.15, 0.2) is 0 Å². The normalized spacial score (nSPS) is 23.7. The highest BCUT2D eigenvalue weighted by molar-refractivity contribution is 9.11.